The summed E-state index contributed by atoms with van der Waals surface area (Å²) in [6.07, 6.45) is 6.52. The van der Waals surface area contributed by atoms with Crippen LogP contribution in [0, 0.1) is 41.5 Å². The van der Waals surface area contributed by atoms with Crippen LogP contribution in [0.1, 0.15) is 89.5 Å². The topological polar surface area (TPSA) is 348 Å². The van der Waals surface area contributed by atoms with Crippen LogP contribution in [0.15, 0.2) is 92.8 Å². The number of hydrogen-bond acceptors (Lipinski definition) is 13. The highest BCUT2D eigenvalue weighted by molar-refractivity contribution is 7.90. The molecule has 0 saturated carbocycles. The number of carbonyl (C=O) groups is 4. The van der Waals surface area contributed by atoms with Crippen molar-refractivity contribution in [3.05, 3.63) is 118 Å². The Balaban J connectivity index is 0.957. The van der Waals surface area contributed by atoms with Crippen molar-refractivity contribution < 1.29 is 45.5 Å². The quantitative estimate of drug-likeness (QED) is 0.0163. The average Bonchev–Trinajstić information content (AvgIpc) is 4.05. The predicted octanol–water partition coefficient (Wildman–Crippen LogP) is 4.41. The number of aromatic amines is 2. The van der Waals surface area contributed by atoms with Crippen molar-refractivity contribution in [3.8, 4) is 11.5 Å². The number of ether oxygens (including phenoxy) is 2. The normalized spacial score (nSPS) is 12.9. The number of methoxy groups -OCH3 is 2. The number of amides is 4. The first-order valence-corrected chi connectivity index (χ1v) is 30.9. The molecule has 6 rings (SSSR count). The standard InChI is InChI=1S/C59H81N13O10S2/c1-36-30-50(81-7)38(3)40(5)54(36)83(77,78)71-58(60)65-27-15-22-48(69-52(73)32-42-34-67-46-20-11-9-18-44(42)46)56(75)63-26-14-13-24-62-25-17-29-64-57(76)49(70-53(74)33-43-35-68-47-21-12-10-19-45(43)47)23-16-28-66-59(61)72-84(79,80)55-37(2)31-51(82-8)39(4)41(55)6/h9-12,18-21,30-31,34-35,48-49,62,67-68H,13-17,22-29,32-33H2,1-8H3,(H,63,75)(H,64,76)(H,69,73)(H,70,74)(H3,60,65,71)(H3,61,66,72)/t48-,49-/m1/s1. The van der Waals surface area contributed by atoms with Crippen molar-refractivity contribution in [2.75, 3.05) is 53.5 Å². The zero-order valence-corrected chi connectivity index (χ0v) is 50.8. The van der Waals surface area contributed by atoms with Gasteiger partial charge in [-0.2, -0.15) is 0 Å². The number of para-hydroxylation sites is 2. The number of benzene rings is 4. The first-order chi connectivity index (χ1) is 40.0. The minimum absolute atomic E-state index is 0.0372. The number of nitrogens with one attached hydrogen (secondary N) is 9. The SMILES string of the molecule is COc1cc(C)c(S(=O)(=O)NC(N)=NCCC[C@@H](NC(=O)Cc2c[nH]c3ccccc23)C(=O)NCCCCNCCCNC(=O)[C@@H](CCCN=C(N)NS(=O)(=O)c2c(C)cc(OC)c(C)c2C)NC(=O)Cc2c[nH]c3ccccc23)c(C)c1C. The van der Waals surface area contributed by atoms with Crippen LogP contribution in [0.4, 0.5) is 0 Å². The molecule has 2 aromatic heterocycles. The lowest BCUT2D eigenvalue weighted by Crippen LogP contribution is -2.47. The lowest BCUT2D eigenvalue weighted by molar-refractivity contribution is -0.128. The Labute approximate surface area is 491 Å². The van der Waals surface area contributed by atoms with Gasteiger partial charge in [0.25, 0.3) is 20.0 Å². The largest absolute Gasteiger partial charge is 0.496 e. The summed E-state index contributed by atoms with van der Waals surface area (Å²) in [6, 6.07) is 16.7. The van der Waals surface area contributed by atoms with Gasteiger partial charge in [-0.3, -0.25) is 29.2 Å². The Morgan fingerprint density at radius 1 is 0.548 bits per heavy atom. The molecule has 0 radical (unpaired) electrons. The summed E-state index contributed by atoms with van der Waals surface area (Å²) in [5.74, 6) is -0.935. The Bertz CT molecular complexity index is 3360. The molecule has 25 heteroatoms. The number of hydrogen-bond donors (Lipinski definition) is 11. The van der Waals surface area contributed by atoms with Crippen LogP contribution in [0.3, 0.4) is 0 Å². The minimum atomic E-state index is -4.09. The van der Waals surface area contributed by atoms with Crippen molar-refractivity contribution in [1.29, 1.82) is 0 Å². The summed E-state index contributed by atoms with van der Waals surface area (Å²) in [4.78, 5) is 69.0. The summed E-state index contributed by atoms with van der Waals surface area (Å²) in [5, 5.41) is 16.8. The Morgan fingerprint density at radius 2 is 0.940 bits per heavy atom. The highest BCUT2D eigenvalue weighted by Crippen LogP contribution is 2.32. The molecule has 23 nitrogen and oxygen atoms in total. The second kappa shape index (κ2) is 30.4. The summed E-state index contributed by atoms with van der Waals surface area (Å²) in [5.41, 5.74) is 18.8. The molecule has 84 heavy (non-hydrogen) atoms. The Hall–Kier alpha value is -8.16. The second-order valence-corrected chi connectivity index (χ2v) is 23.9. The highest BCUT2D eigenvalue weighted by atomic mass is 32.2. The number of aryl methyl sites for hydroxylation is 2. The van der Waals surface area contributed by atoms with Gasteiger partial charge in [0.2, 0.25) is 35.5 Å². The van der Waals surface area contributed by atoms with Gasteiger partial charge in [-0.15, -0.1) is 0 Å². The van der Waals surface area contributed by atoms with Crippen LogP contribution >= 0.6 is 0 Å². The van der Waals surface area contributed by atoms with E-state index in [1.165, 1.54) is 14.2 Å². The molecule has 13 N–H and O–H groups in total. The fourth-order valence-corrected chi connectivity index (χ4v) is 13.0. The van der Waals surface area contributed by atoms with Gasteiger partial charge in [-0.05, 0) is 168 Å². The molecule has 2 heterocycles. The number of aromatic nitrogens is 2. The summed E-state index contributed by atoms with van der Waals surface area (Å²) in [7, 11) is -5.15. The number of rotatable bonds is 31. The molecule has 0 aliphatic rings. The van der Waals surface area contributed by atoms with Crippen molar-refractivity contribution in [2.24, 2.45) is 21.5 Å². The van der Waals surface area contributed by atoms with Crippen molar-refractivity contribution >= 4 is 77.4 Å². The number of carbonyl (C=O) groups excluding carboxylic acids is 4. The van der Waals surface area contributed by atoms with E-state index < -0.39 is 32.1 Å². The lowest BCUT2D eigenvalue weighted by atomic mass is 10.1. The maximum atomic E-state index is 13.6. The summed E-state index contributed by atoms with van der Waals surface area (Å²) < 4.78 is 69.1. The first kappa shape index (κ1) is 65.0. The smallest absolute Gasteiger partial charge is 0.264 e. The van der Waals surface area contributed by atoms with E-state index in [4.69, 9.17) is 20.9 Å². The average molecular weight is 1200 g/mol. The molecule has 0 spiro atoms. The van der Waals surface area contributed by atoms with Gasteiger partial charge in [0.1, 0.15) is 23.6 Å². The summed E-state index contributed by atoms with van der Waals surface area (Å²) in [6.45, 7) is 12.3. The van der Waals surface area contributed by atoms with Crippen LogP contribution in [0.25, 0.3) is 21.8 Å². The zero-order valence-electron chi connectivity index (χ0n) is 49.1. The third-order valence-electron chi connectivity index (χ3n) is 14.5. The predicted molar refractivity (Wildman–Crippen MR) is 327 cm³/mol. The highest BCUT2D eigenvalue weighted by Gasteiger charge is 2.27. The number of guanidine groups is 2. The first-order valence-electron chi connectivity index (χ1n) is 27.9. The zero-order chi connectivity index (χ0) is 61.1. The number of nitrogens with two attached hydrogens (primary N) is 2. The van der Waals surface area contributed by atoms with E-state index in [1.807, 2.05) is 48.5 Å². The molecule has 6 aromatic rings. The van der Waals surface area contributed by atoms with Gasteiger partial charge >= 0.3 is 0 Å². The molecule has 0 aliphatic heterocycles. The number of aliphatic imine (C=N–C) groups is 2. The molecular weight excluding hydrogens is 1110 g/mol. The van der Waals surface area contributed by atoms with E-state index >= 15 is 0 Å². The van der Waals surface area contributed by atoms with Crippen molar-refractivity contribution in [1.82, 2.24) is 46.0 Å². The number of sulfonamides is 2. The maximum Gasteiger partial charge on any atom is 0.264 e. The van der Waals surface area contributed by atoms with Gasteiger partial charge < -0.3 is 57.5 Å². The molecule has 0 unspecified atom stereocenters. The summed E-state index contributed by atoms with van der Waals surface area (Å²) >= 11 is 0. The fourth-order valence-electron chi connectivity index (χ4n) is 10.0. The third-order valence-corrected chi connectivity index (χ3v) is 17.8. The van der Waals surface area contributed by atoms with Gasteiger partial charge in [-0.1, -0.05) is 36.4 Å². The van der Waals surface area contributed by atoms with Crippen LogP contribution in [0.2, 0.25) is 0 Å². The molecule has 0 fully saturated rings. The fraction of sp³-hybridized carbons (Fsp3) is 0.424. The molecule has 2 atom stereocenters. The molecular formula is C59H81N13O10S2. The monoisotopic (exact) mass is 1200 g/mol. The lowest BCUT2D eigenvalue weighted by Gasteiger charge is -2.19. The number of unbranched alkanes of at least 4 members (excludes halogenated alkanes) is 1. The molecule has 0 bridgehead atoms. The van der Waals surface area contributed by atoms with E-state index in [2.05, 4.69) is 56.0 Å². The minimum Gasteiger partial charge on any atom is -0.496 e. The molecule has 454 valence electrons. The molecule has 4 aromatic carbocycles. The van der Waals surface area contributed by atoms with Crippen molar-refractivity contribution in [2.45, 2.75) is 121 Å². The van der Waals surface area contributed by atoms with E-state index in [0.29, 0.717) is 103 Å². The van der Waals surface area contributed by atoms with E-state index in [9.17, 15) is 36.0 Å². The second-order valence-electron chi connectivity index (χ2n) is 20.7. The number of nitrogens with zero attached hydrogens (tertiary/aromatic N) is 2. The van der Waals surface area contributed by atoms with Crippen molar-refractivity contribution in [3.63, 3.8) is 0 Å². The Kier molecular flexibility index (Phi) is 23.5. The van der Waals surface area contributed by atoms with Gasteiger partial charge in [0.05, 0.1) is 36.9 Å². The number of fused-ring (bicyclic) bond motifs is 2. The van der Waals surface area contributed by atoms with E-state index in [-0.39, 0.29) is 84.1 Å². The Morgan fingerprint density at radius 3 is 1.37 bits per heavy atom. The molecule has 0 saturated heterocycles. The molecule has 0 aliphatic carbocycles. The van der Waals surface area contributed by atoms with Crippen LogP contribution in [-0.4, -0.2) is 128 Å². The van der Waals surface area contributed by atoms with Crippen LogP contribution in [-0.2, 0) is 52.1 Å². The third kappa shape index (κ3) is 17.7. The van der Waals surface area contributed by atoms with Gasteiger partial charge in [-0.25, -0.2) is 26.3 Å². The van der Waals surface area contributed by atoms with E-state index in [1.54, 1.807) is 66.1 Å². The van der Waals surface area contributed by atoms with E-state index in [0.717, 1.165) is 32.9 Å². The van der Waals surface area contributed by atoms with Gasteiger partial charge in [0.15, 0.2) is 0 Å². The van der Waals surface area contributed by atoms with Crippen LogP contribution in [0.5, 0.6) is 11.5 Å². The van der Waals surface area contributed by atoms with Gasteiger partial charge in [0, 0.05) is 60.4 Å². The number of H-pyrrole nitrogens is 2. The maximum absolute atomic E-state index is 13.6. The van der Waals surface area contributed by atoms with Crippen LogP contribution < -0.4 is 57.0 Å². The molecule has 4 amide bonds.